The van der Waals surface area contributed by atoms with Crippen LogP contribution in [0.2, 0.25) is 0 Å². The van der Waals surface area contributed by atoms with Crippen molar-refractivity contribution >= 4 is 5.78 Å². The Kier molecular flexibility index (Phi) is 8.20. The van der Waals surface area contributed by atoms with Crippen LogP contribution >= 0.6 is 0 Å². The summed E-state index contributed by atoms with van der Waals surface area (Å²) in [6, 6.07) is 31.5. The minimum Gasteiger partial charge on any atom is -0.361 e. The molecule has 31 heavy (non-hydrogen) atoms. The molecule has 0 saturated heterocycles. The SMILES string of the molecule is CC(=O)CCC(CCOC(c1ccccc1)(c1ccccc1)c1ccccc1)C(C)C. The molecule has 1 unspecified atom stereocenters. The van der Waals surface area contributed by atoms with Gasteiger partial charge in [0.2, 0.25) is 0 Å². The molecule has 0 spiro atoms. The first-order valence-electron chi connectivity index (χ1n) is 11.3. The van der Waals surface area contributed by atoms with Crippen molar-refractivity contribution in [3.8, 4) is 0 Å². The fraction of sp³-hybridized carbons (Fsp3) is 0.345. The van der Waals surface area contributed by atoms with Crippen LogP contribution in [0, 0.1) is 11.8 Å². The summed E-state index contributed by atoms with van der Waals surface area (Å²) < 4.78 is 6.89. The normalized spacial score (nSPS) is 12.6. The van der Waals surface area contributed by atoms with Crippen molar-refractivity contribution in [2.24, 2.45) is 11.8 Å². The van der Waals surface area contributed by atoms with Crippen LogP contribution in [0.4, 0.5) is 0 Å². The zero-order valence-electron chi connectivity index (χ0n) is 19.0. The molecule has 3 aromatic carbocycles. The van der Waals surface area contributed by atoms with Crippen molar-refractivity contribution in [1.82, 2.24) is 0 Å². The van der Waals surface area contributed by atoms with Crippen LogP contribution in [0.1, 0.15) is 56.7 Å². The summed E-state index contributed by atoms with van der Waals surface area (Å²) in [5, 5.41) is 0. The second kappa shape index (κ2) is 11.1. The molecule has 0 aliphatic carbocycles. The lowest BCUT2D eigenvalue weighted by molar-refractivity contribution is -0.117. The van der Waals surface area contributed by atoms with Gasteiger partial charge in [-0.05, 0) is 48.3 Å². The molecular weight excluding hydrogens is 380 g/mol. The maximum absolute atomic E-state index is 11.5. The van der Waals surface area contributed by atoms with E-state index < -0.39 is 5.60 Å². The van der Waals surface area contributed by atoms with Crippen LogP contribution in [0.25, 0.3) is 0 Å². The first-order chi connectivity index (χ1) is 15.0. The summed E-state index contributed by atoms with van der Waals surface area (Å²) in [6.45, 7) is 6.78. The average molecular weight is 415 g/mol. The van der Waals surface area contributed by atoms with E-state index in [9.17, 15) is 4.79 Å². The van der Waals surface area contributed by atoms with E-state index in [4.69, 9.17) is 4.74 Å². The van der Waals surface area contributed by atoms with Gasteiger partial charge in [0.15, 0.2) is 0 Å². The fourth-order valence-corrected chi connectivity index (χ4v) is 4.33. The number of carbonyl (C=O) groups excluding carboxylic acids is 1. The van der Waals surface area contributed by atoms with Gasteiger partial charge in [0, 0.05) is 13.0 Å². The molecular formula is C29H34O2. The Bertz CT molecular complexity index is 820. The van der Waals surface area contributed by atoms with Crippen LogP contribution < -0.4 is 0 Å². The summed E-state index contributed by atoms with van der Waals surface area (Å²) >= 11 is 0. The zero-order chi connectivity index (χ0) is 22.1. The van der Waals surface area contributed by atoms with E-state index in [1.54, 1.807) is 6.92 Å². The molecule has 0 amide bonds. The Morgan fingerprint density at radius 3 is 1.52 bits per heavy atom. The van der Waals surface area contributed by atoms with E-state index in [-0.39, 0.29) is 5.78 Å². The Hall–Kier alpha value is -2.71. The first-order valence-corrected chi connectivity index (χ1v) is 11.3. The zero-order valence-corrected chi connectivity index (χ0v) is 19.0. The number of carbonyl (C=O) groups is 1. The molecule has 2 heteroatoms. The van der Waals surface area contributed by atoms with E-state index in [0.29, 0.717) is 24.9 Å². The van der Waals surface area contributed by atoms with Crippen molar-refractivity contribution in [2.75, 3.05) is 6.61 Å². The highest BCUT2D eigenvalue weighted by molar-refractivity contribution is 5.75. The number of ether oxygens (including phenoxy) is 1. The van der Waals surface area contributed by atoms with Gasteiger partial charge in [-0.25, -0.2) is 0 Å². The van der Waals surface area contributed by atoms with Gasteiger partial charge in [0.25, 0.3) is 0 Å². The lowest BCUT2D eigenvalue weighted by Gasteiger charge is -2.36. The molecule has 3 aromatic rings. The molecule has 0 aliphatic rings. The molecule has 0 heterocycles. The van der Waals surface area contributed by atoms with Crippen molar-refractivity contribution in [3.05, 3.63) is 108 Å². The predicted octanol–water partition coefficient (Wildman–Crippen LogP) is 7.03. The van der Waals surface area contributed by atoms with Crippen LogP contribution in [0.15, 0.2) is 91.0 Å². The minimum atomic E-state index is -0.675. The third-order valence-corrected chi connectivity index (χ3v) is 6.16. The number of hydrogen-bond donors (Lipinski definition) is 0. The number of Topliss-reactive ketones (excluding diaryl/α,β-unsaturated/α-hetero) is 1. The molecule has 0 fully saturated rings. The molecule has 0 radical (unpaired) electrons. The van der Waals surface area contributed by atoms with E-state index in [2.05, 4.69) is 86.6 Å². The number of benzene rings is 3. The van der Waals surface area contributed by atoms with Crippen LogP contribution in [0.3, 0.4) is 0 Å². The quantitative estimate of drug-likeness (QED) is 0.315. The van der Waals surface area contributed by atoms with Gasteiger partial charge in [-0.3, -0.25) is 0 Å². The van der Waals surface area contributed by atoms with E-state index in [0.717, 1.165) is 29.5 Å². The van der Waals surface area contributed by atoms with Crippen molar-refractivity contribution in [1.29, 1.82) is 0 Å². The Morgan fingerprint density at radius 2 is 1.16 bits per heavy atom. The Balaban J connectivity index is 1.97. The van der Waals surface area contributed by atoms with Crippen LogP contribution in [-0.2, 0) is 15.1 Å². The molecule has 3 rings (SSSR count). The van der Waals surface area contributed by atoms with Crippen molar-refractivity contribution in [2.45, 2.75) is 45.6 Å². The monoisotopic (exact) mass is 414 g/mol. The number of rotatable bonds is 11. The minimum absolute atomic E-state index is 0.263. The van der Waals surface area contributed by atoms with E-state index in [1.807, 2.05) is 18.2 Å². The van der Waals surface area contributed by atoms with Gasteiger partial charge < -0.3 is 9.53 Å². The highest BCUT2D eigenvalue weighted by Crippen LogP contribution is 2.40. The lowest BCUT2D eigenvalue weighted by atomic mass is 9.80. The second-order valence-electron chi connectivity index (χ2n) is 8.66. The molecule has 1 atom stereocenters. The standard InChI is InChI=1S/C29H34O2/c1-23(2)25(20-19-24(3)30)21-22-31-29(26-13-7-4-8-14-26,27-15-9-5-10-16-27)28-17-11-6-12-18-28/h4-18,23,25H,19-22H2,1-3H3. The number of hydrogen-bond acceptors (Lipinski definition) is 2. The topological polar surface area (TPSA) is 26.3 Å². The summed E-state index contributed by atoms with van der Waals surface area (Å²) in [5.41, 5.74) is 2.69. The largest absolute Gasteiger partial charge is 0.361 e. The van der Waals surface area contributed by atoms with E-state index in [1.165, 1.54) is 0 Å². The van der Waals surface area contributed by atoms with Crippen molar-refractivity contribution < 1.29 is 9.53 Å². The van der Waals surface area contributed by atoms with E-state index >= 15 is 0 Å². The van der Waals surface area contributed by atoms with Crippen molar-refractivity contribution in [3.63, 3.8) is 0 Å². The highest BCUT2D eigenvalue weighted by atomic mass is 16.5. The van der Waals surface area contributed by atoms with Gasteiger partial charge in [-0.15, -0.1) is 0 Å². The Labute approximate surface area is 187 Å². The average Bonchev–Trinajstić information content (AvgIpc) is 2.80. The van der Waals surface area contributed by atoms with Crippen LogP contribution in [0.5, 0.6) is 0 Å². The fourth-order valence-electron chi connectivity index (χ4n) is 4.33. The first kappa shape index (κ1) is 23.0. The highest BCUT2D eigenvalue weighted by Gasteiger charge is 2.37. The predicted molar refractivity (Wildman–Crippen MR) is 128 cm³/mol. The lowest BCUT2D eigenvalue weighted by Crippen LogP contribution is -2.34. The molecule has 0 saturated carbocycles. The van der Waals surface area contributed by atoms with Gasteiger partial charge in [-0.2, -0.15) is 0 Å². The third kappa shape index (κ3) is 5.71. The molecule has 0 bridgehead atoms. The summed E-state index contributed by atoms with van der Waals surface area (Å²) in [4.78, 5) is 11.5. The van der Waals surface area contributed by atoms with Gasteiger partial charge in [-0.1, -0.05) is 105 Å². The maximum atomic E-state index is 11.5. The van der Waals surface area contributed by atoms with Crippen LogP contribution in [-0.4, -0.2) is 12.4 Å². The molecule has 0 aromatic heterocycles. The van der Waals surface area contributed by atoms with Gasteiger partial charge >= 0.3 is 0 Å². The molecule has 2 nitrogen and oxygen atoms in total. The van der Waals surface area contributed by atoms with Gasteiger partial charge in [0.1, 0.15) is 11.4 Å². The summed E-state index contributed by atoms with van der Waals surface area (Å²) in [7, 11) is 0. The molecule has 0 N–H and O–H groups in total. The molecule has 0 aliphatic heterocycles. The maximum Gasteiger partial charge on any atom is 0.143 e. The summed E-state index contributed by atoms with van der Waals surface area (Å²) in [5.74, 6) is 1.24. The smallest absolute Gasteiger partial charge is 0.143 e. The second-order valence-corrected chi connectivity index (χ2v) is 8.66. The third-order valence-electron chi connectivity index (χ3n) is 6.16. The number of ketones is 1. The Morgan fingerprint density at radius 1 is 0.742 bits per heavy atom. The molecule has 162 valence electrons. The summed E-state index contributed by atoms with van der Waals surface area (Å²) in [6.07, 6.45) is 2.49. The van der Waals surface area contributed by atoms with Gasteiger partial charge in [0.05, 0.1) is 0 Å².